The molecule has 1 fully saturated rings. The Bertz CT molecular complexity index is 949. The number of hydrogen-bond donors (Lipinski definition) is 1. The lowest BCUT2D eigenvalue weighted by molar-refractivity contribution is -0.123. The summed E-state index contributed by atoms with van der Waals surface area (Å²) in [5.41, 5.74) is 2.81. The quantitative estimate of drug-likeness (QED) is 0.631. The molecule has 2 aromatic carbocycles. The Balaban J connectivity index is 1.53. The Morgan fingerprint density at radius 3 is 2.36 bits per heavy atom. The number of amides is 1. The van der Waals surface area contributed by atoms with Crippen LogP contribution in [-0.4, -0.2) is 27.0 Å². The third-order valence-electron chi connectivity index (χ3n) is 4.82. The molecule has 1 aliphatic heterocycles. The molecule has 6 heteroatoms. The number of benzene rings is 2. The number of aryl methyl sites for hydroxylation is 1. The van der Waals surface area contributed by atoms with Gasteiger partial charge in [-0.15, -0.1) is 11.8 Å². The molecular weight excluding hydrogens is 375 g/mol. The molecule has 1 amide bonds. The highest BCUT2D eigenvalue weighted by Gasteiger charge is 2.49. The summed E-state index contributed by atoms with van der Waals surface area (Å²) in [6.45, 7) is 0. The monoisotopic (exact) mass is 394 g/mol. The van der Waals surface area contributed by atoms with Gasteiger partial charge in [-0.3, -0.25) is 9.78 Å². The maximum Gasteiger partial charge on any atom is 0.243 e. The first-order chi connectivity index (χ1) is 13.6. The Kier molecular flexibility index (Phi) is 5.30. The molecule has 4 rings (SSSR count). The Morgan fingerprint density at radius 2 is 1.68 bits per heavy atom. The van der Waals surface area contributed by atoms with Crippen molar-refractivity contribution in [3.63, 3.8) is 0 Å². The standard InChI is InChI=1S/C22H19FN2O2S/c23-17-3-5-18(6-4-17)25-20(16-1-7-19(26)8-2-16)21(22(25)27)28-14-11-15-9-12-24-13-10-15/h1-10,12-13,20-21,26H,11,14H2/t20-,21-/m1/s1. The van der Waals surface area contributed by atoms with E-state index in [0.717, 1.165) is 17.7 Å². The number of phenolic OH excluding ortho intramolecular Hbond substituents is 1. The van der Waals surface area contributed by atoms with Gasteiger partial charge in [-0.25, -0.2) is 4.39 Å². The molecule has 0 aliphatic carbocycles. The van der Waals surface area contributed by atoms with Crippen LogP contribution in [0.1, 0.15) is 17.2 Å². The third kappa shape index (κ3) is 3.73. The minimum absolute atomic E-state index is 0.0180. The molecule has 28 heavy (non-hydrogen) atoms. The largest absolute Gasteiger partial charge is 0.508 e. The van der Waals surface area contributed by atoms with Crippen LogP contribution in [0.25, 0.3) is 0 Å². The Labute approximate surface area is 167 Å². The number of thioether (sulfide) groups is 1. The van der Waals surface area contributed by atoms with Gasteiger partial charge in [0.05, 0.1) is 6.04 Å². The minimum Gasteiger partial charge on any atom is -0.508 e. The van der Waals surface area contributed by atoms with Crippen molar-refractivity contribution in [3.8, 4) is 5.75 Å². The number of rotatable bonds is 6. The zero-order valence-electron chi connectivity index (χ0n) is 15.0. The second kappa shape index (κ2) is 8.02. The van der Waals surface area contributed by atoms with Crippen molar-refractivity contribution in [2.45, 2.75) is 17.7 Å². The number of aromatic nitrogens is 1. The molecule has 0 radical (unpaired) electrons. The Hall–Kier alpha value is -2.86. The smallest absolute Gasteiger partial charge is 0.243 e. The summed E-state index contributed by atoms with van der Waals surface area (Å²) in [6, 6.07) is 16.7. The van der Waals surface area contributed by atoms with Gasteiger partial charge in [0.2, 0.25) is 5.91 Å². The summed E-state index contributed by atoms with van der Waals surface area (Å²) in [4.78, 5) is 18.6. The van der Waals surface area contributed by atoms with E-state index >= 15 is 0 Å². The molecule has 1 aromatic heterocycles. The second-order valence-electron chi connectivity index (χ2n) is 6.62. The highest BCUT2D eigenvalue weighted by Crippen LogP contribution is 2.45. The van der Waals surface area contributed by atoms with Crippen LogP contribution >= 0.6 is 11.8 Å². The molecular formula is C22H19FN2O2S. The van der Waals surface area contributed by atoms with E-state index in [9.17, 15) is 14.3 Å². The van der Waals surface area contributed by atoms with Gasteiger partial charge in [-0.2, -0.15) is 0 Å². The summed E-state index contributed by atoms with van der Waals surface area (Å²) in [6.07, 6.45) is 4.39. The highest BCUT2D eigenvalue weighted by molar-refractivity contribution is 8.00. The van der Waals surface area contributed by atoms with Crippen molar-refractivity contribution >= 4 is 23.4 Å². The van der Waals surface area contributed by atoms with Gasteiger partial charge in [-0.05, 0) is 71.8 Å². The molecule has 3 aromatic rings. The van der Waals surface area contributed by atoms with Crippen molar-refractivity contribution < 1.29 is 14.3 Å². The zero-order valence-corrected chi connectivity index (χ0v) is 15.8. The summed E-state index contributed by atoms with van der Waals surface area (Å²) >= 11 is 1.63. The molecule has 1 saturated heterocycles. The van der Waals surface area contributed by atoms with Gasteiger partial charge in [0, 0.05) is 18.1 Å². The first-order valence-corrected chi connectivity index (χ1v) is 10.1. The van der Waals surface area contributed by atoms with Crippen molar-refractivity contribution in [2.75, 3.05) is 10.7 Å². The SMILES string of the molecule is O=C1[C@H](SCCc2ccncc2)[C@@H](c2ccc(O)cc2)N1c1ccc(F)cc1. The molecule has 2 atom stereocenters. The average molecular weight is 394 g/mol. The number of halogens is 1. The van der Waals surface area contributed by atoms with E-state index in [-0.39, 0.29) is 28.8 Å². The summed E-state index contributed by atoms with van der Waals surface area (Å²) in [5.74, 6) is 0.682. The van der Waals surface area contributed by atoms with Crippen molar-refractivity contribution in [1.29, 1.82) is 0 Å². The van der Waals surface area contributed by atoms with E-state index in [1.807, 2.05) is 24.3 Å². The molecule has 0 unspecified atom stereocenters. The molecule has 0 spiro atoms. The van der Waals surface area contributed by atoms with Crippen molar-refractivity contribution in [2.24, 2.45) is 0 Å². The summed E-state index contributed by atoms with van der Waals surface area (Å²) in [7, 11) is 0. The Morgan fingerprint density at radius 1 is 1.00 bits per heavy atom. The van der Waals surface area contributed by atoms with Crippen LogP contribution in [0.4, 0.5) is 10.1 Å². The predicted octanol–water partition coefficient (Wildman–Crippen LogP) is 4.36. The lowest BCUT2D eigenvalue weighted by Crippen LogP contribution is -2.57. The van der Waals surface area contributed by atoms with Crippen LogP contribution in [0, 0.1) is 5.82 Å². The van der Waals surface area contributed by atoms with Gasteiger partial charge >= 0.3 is 0 Å². The van der Waals surface area contributed by atoms with E-state index < -0.39 is 0 Å². The number of pyridine rings is 1. The molecule has 1 N–H and O–H groups in total. The number of carbonyl (C=O) groups excluding carboxylic acids is 1. The maximum atomic E-state index is 13.3. The van der Waals surface area contributed by atoms with Crippen LogP contribution in [-0.2, 0) is 11.2 Å². The topological polar surface area (TPSA) is 53.4 Å². The normalized spacial score (nSPS) is 18.8. The number of phenols is 1. The van der Waals surface area contributed by atoms with Gasteiger partial charge in [0.25, 0.3) is 0 Å². The number of carbonyl (C=O) groups is 1. The lowest BCUT2D eigenvalue weighted by Gasteiger charge is -2.47. The number of aromatic hydroxyl groups is 1. The number of hydrogen-bond acceptors (Lipinski definition) is 4. The predicted molar refractivity (Wildman–Crippen MR) is 109 cm³/mol. The van der Waals surface area contributed by atoms with Crippen molar-refractivity contribution in [1.82, 2.24) is 4.98 Å². The fourth-order valence-electron chi connectivity index (χ4n) is 3.36. The van der Waals surface area contributed by atoms with Crippen LogP contribution in [0.15, 0.2) is 73.1 Å². The fourth-order valence-corrected chi connectivity index (χ4v) is 4.69. The molecule has 0 saturated carbocycles. The lowest BCUT2D eigenvalue weighted by atomic mass is 9.92. The van der Waals surface area contributed by atoms with E-state index in [4.69, 9.17) is 0 Å². The number of β-lactam (4-membered cyclic amide) rings is 1. The fraction of sp³-hybridized carbons (Fsp3) is 0.182. The number of nitrogens with zero attached hydrogens (tertiary/aromatic N) is 2. The van der Waals surface area contributed by atoms with Gasteiger partial charge in [-0.1, -0.05) is 12.1 Å². The van der Waals surface area contributed by atoms with E-state index in [0.29, 0.717) is 5.69 Å². The molecule has 142 valence electrons. The van der Waals surface area contributed by atoms with Crippen LogP contribution in [0.2, 0.25) is 0 Å². The first-order valence-electron chi connectivity index (χ1n) is 9.01. The second-order valence-corrected chi connectivity index (χ2v) is 7.87. The average Bonchev–Trinajstić information content (AvgIpc) is 2.72. The molecule has 1 aliphatic rings. The van der Waals surface area contributed by atoms with Crippen LogP contribution < -0.4 is 4.90 Å². The van der Waals surface area contributed by atoms with Crippen molar-refractivity contribution in [3.05, 3.63) is 90.0 Å². The van der Waals surface area contributed by atoms with E-state index in [1.54, 1.807) is 53.3 Å². The highest BCUT2D eigenvalue weighted by atomic mass is 32.2. The van der Waals surface area contributed by atoms with Gasteiger partial charge in [0.15, 0.2) is 0 Å². The minimum atomic E-state index is -0.332. The summed E-state index contributed by atoms with van der Waals surface area (Å²) < 4.78 is 13.3. The van der Waals surface area contributed by atoms with Gasteiger partial charge in [0.1, 0.15) is 16.8 Å². The summed E-state index contributed by atoms with van der Waals surface area (Å²) in [5, 5.41) is 9.38. The first kappa shape index (κ1) is 18.5. The molecule has 2 heterocycles. The number of anilines is 1. The molecule has 4 nitrogen and oxygen atoms in total. The third-order valence-corrected chi connectivity index (χ3v) is 6.08. The maximum absolute atomic E-state index is 13.3. The van der Waals surface area contributed by atoms with Crippen LogP contribution in [0.5, 0.6) is 5.75 Å². The molecule has 0 bridgehead atoms. The van der Waals surface area contributed by atoms with E-state index in [1.165, 1.54) is 17.7 Å². The van der Waals surface area contributed by atoms with Crippen LogP contribution in [0.3, 0.4) is 0 Å². The zero-order chi connectivity index (χ0) is 19.5. The van der Waals surface area contributed by atoms with Gasteiger partial charge < -0.3 is 10.0 Å². The van der Waals surface area contributed by atoms with E-state index in [2.05, 4.69) is 4.98 Å².